The molecule has 1 heterocycles. The number of hydrogen-bond acceptors (Lipinski definition) is 2. The second-order valence-corrected chi connectivity index (χ2v) is 6.01. The van der Waals surface area contributed by atoms with Gasteiger partial charge in [0.25, 0.3) is 0 Å². The molecular weight excluding hydrogens is 303 g/mol. The summed E-state index contributed by atoms with van der Waals surface area (Å²) in [4.78, 5) is 14.6. The Kier molecular flexibility index (Phi) is 5.39. The van der Waals surface area contributed by atoms with Gasteiger partial charge >= 0.3 is 0 Å². The predicted molar refractivity (Wildman–Crippen MR) is 92.7 cm³/mol. The van der Waals surface area contributed by atoms with Gasteiger partial charge in [-0.05, 0) is 29.7 Å². The van der Waals surface area contributed by atoms with Gasteiger partial charge in [0.1, 0.15) is 5.82 Å². The van der Waals surface area contributed by atoms with Crippen LogP contribution in [0.1, 0.15) is 17.5 Å². The molecular formula is C20H21FN2O. The molecule has 0 saturated carbocycles. The zero-order valence-corrected chi connectivity index (χ0v) is 13.5. The average molecular weight is 324 g/mol. The third-order valence-electron chi connectivity index (χ3n) is 4.20. The normalized spacial score (nSPS) is 15.0. The van der Waals surface area contributed by atoms with Crippen LogP contribution < -0.4 is 5.32 Å². The standard InChI is InChI=1S/C20H21FN2O/c21-19-8-6-16(7-9-19)14-22-20(24)18-10-12-23(13-11-18)15-17-4-2-1-3-5-17/h1-10H,11-15H2,(H,22,24). The molecule has 2 aromatic rings. The first-order chi connectivity index (χ1) is 11.7. The van der Waals surface area contributed by atoms with Crippen LogP contribution in [0.3, 0.4) is 0 Å². The summed E-state index contributed by atoms with van der Waals surface area (Å²) in [7, 11) is 0. The number of carbonyl (C=O) groups is 1. The molecule has 4 heteroatoms. The van der Waals surface area contributed by atoms with Crippen molar-refractivity contribution in [3.63, 3.8) is 0 Å². The van der Waals surface area contributed by atoms with Crippen molar-refractivity contribution in [2.75, 3.05) is 13.1 Å². The zero-order valence-electron chi connectivity index (χ0n) is 13.5. The molecule has 0 saturated heterocycles. The lowest BCUT2D eigenvalue weighted by atomic mass is 10.1. The van der Waals surface area contributed by atoms with E-state index in [-0.39, 0.29) is 11.7 Å². The fourth-order valence-corrected chi connectivity index (χ4v) is 2.80. The van der Waals surface area contributed by atoms with E-state index in [4.69, 9.17) is 0 Å². The van der Waals surface area contributed by atoms with E-state index in [2.05, 4.69) is 22.3 Å². The van der Waals surface area contributed by atoms with Crippen LogP contribution in [0.15, 0.2) is 66.2 Å². The number of nitrogens with zero attached hydrogens (tertiary/aromatic N) is 1. The molecule has 0 bridgehead atoms. The number of rotatable bonds is 5. The first-order valence-electron chi connectivity index (χ1n) is 8.18. The highest BCUT2D eigenvalue weighted by atomic mass is 19.1. The van der Waals surface area contributed by atoms with E-state index in [0.717, 1.165) is 37.2 Å². The molecule has 1 aliphatic rings. The van der Waals surface area contributed by atoms with Gasteiger partial charge in [0, 0.05) is 31.8 Å². The first-order valence-corrected chi connectivity index (χ1v) is 8.18. The molecule has 0 aliphatic carbocycles. The largest absolute Gasteiger partial charge is 0.348 e. The monoisotopic (exact) mass is 324 g/mol. The maximum atomic E-state index is 12.9. The maximum Gasteiger partial charge on any atom is 0.247 e. The second-order valence-electron chi connectivity index (χ2n) is 6.01. The maximum absolute atomic E-state index is 12.9. The van der Waals surface area contributed by atoms with Crippen molar-refractivity contribution in [3.8, 4) is 0 Å². The summed E-state index contributed by atoms with van der Waals surface area (Å²) in [5.74, 6) is -0.294. The Labute approximate surface area is 141 Å². The van der Waals surface area contributed by atoms with Gasteiger partial charge in [0.15, 0.2) is 0 Å². The van der Waals surface area contributed by atoms with Crippen LogP contribution in [-0.2, 0) is 17.9 Å². The molecule has 0 aromatic heterocycles. The number of halogens is 1. The summed E-state index contributed by atoms with van der Waals surface area (Å²) in [5, 5.41) is 2.90. The van der Waals surface area contributed by atoms with Crippen molar-refractivity contribution in [2.24, 2.45) is 0 Å². The molecule has 0 spiro atoms. The lowest BCUT2D eigenvalue weighted by Crippen LogP contribution is -2.33. The molecule has 0 unspecified atom stereocenters. The van der Waals surface area contributed by atoms with Crippen LogP contribution in [0.4, 0.5) is 4.39 Å². The highest BCUT2D eigenvalue weighted by Crippen LogP contribution is 2.14. The molecule has 124 valence electrons. The summed E-state index contributed by atoms with van der Waals surface area (Å²) >= 11 is 0. The van der Waals surface area contributed by atoms with E-state index < -0.39 is 0 Å². The first kappa shape index (κ1) is 16.4. The topological polar surface area (TPSA) is 32.3 Å². The summed E-state index contributed by atoms with van der Waals surface area (Å²) < 4.78 is 12.9. The fraction of sp³-hybridized carbons (Fsp3) is 0.250. The molecule has 1 N–H and O–H groups in total. The van der Waals surface area contributed by atoms with E-state index in [9.17, 15) is 9.18 Å². The molecule has 3 rings (SSSR count). The Bertz CT molecular complexity index is 710. The van der Waals surface area contributed by atoms with Crippen LogP contribution >= 0.6 is 0 Å². The Hall–Kier alpha value is -2.46. The van der Waals surface area contributed by atoms with Crippen molar-refractivity contribution >= 4 is 5.91 Å². The van der Waals surface area contributed by atoms with E-state index in [1.165, 1.54) is 17.7 Å². The van der Waals surface area contributed by atoms with Crippen LogP contribution in [0.5, 0.6) is 0 Å². The Morgan fingerprint density at radius 1 is 1.04 bits per heavy atom. The Balaban J connectivity index is 1.49. The van der Waals surface area contributed by atoms with Gasteiger partial charge in [-0.1, -0.05) is 48.5 Å². The Morgan fingerprint density at radius 2 is 1.79 bits per heavy atom. The third-order valence-corrected chi connectivity index (χ3v) is 4.20. The van der Waals surface area contributed by atoms with Gasteiger partial charge in [-0.25, -0.2) is 4.39 Å². The molecule has 3 nitrogen and oxygen atoms in total. The van der Waals surface area contributed by atoms with Gasteiger partial charge in [0.05, 0.1) is 0 Å². The Morgan fingerprint density at radius 3 is 2.46 bits per heavy atom. The summed E-state index contributed by atoms with van der Waals surface area (Å²) in [6, 6.07) is 16.5. The molecule has 0 atom stereocenters. The fourth-order valence-electron chi connectivity index (χ4n) is 2.80. The average Bonchev–Trinajstić information content (AvgIpc) is 2.62. The number of hydrogen-bond donors (Lipinski definition) is 1. The van der Waals surface area contributed by atoms with Crippen molar-refractivity contribution in [3.05, 3.63) is 83.2 Å². The van der Waals surface area contributed by atoms with Crippen LogP contribution in [-0.4, -0.2) is 23.9 Å². The van der Waals surface area contributed by atoms with Gasteiger partial charge in [0.2, 0.25) is 5.91 Å². The lowest BCUT2D eigenvalue weighted by molar-refractivity contribution is -0.117. The zero-order chi connectivity index (χ0) is 16.8. The number of amides is 1. The number of benzene rings is 2. The minimum Gasteiger partial charge on any atom is -0.348 e. The van der Waals surface area contributed by atoms with Crippen molar-refractivity contribution < 1.29 is 9.18 Å². The lowest BCUT2D eigenvalue weighted by Gasteiger charge is -2.26. The van der Waals surface area contributed by atoms with E-state index >= 15 is 0 Å². The molecule has 24 heavy (non-hydrogen) atoms. The van der Waals surface area contributed by atoms with Crippen LogP contribution in [0.2, 0.25) is 0 Å². The predicted octanol–water partition coefficient (Wildman–Crippen LogP) is 3.27. The minimum absolute atomic E-state index is 0.0290. The molecule has 2 aromatic carbocycles. The second kappa shape index (κ2) is 7.88. The van der Waals surface area contributed by atoms with Gasteiger partial charge in [-0.3, -0.25) is 9.69 Å². The third kappa shape index (κ3) is 4.52. The van der Waals surface area contributed by atoms with E-state index in [0.29, 0.717) is 6.54 Å². The number of carbonyl (C=O) groups excluding carboxylic acids is 1. The van der Waals surface area contributed by atoms with Gasteiger partial charge < -0.3 is 5.32 Å². The minimum atomic E-state index is -0.265. The molecule has 1 aliphatic heterocycles. The van der Waals surface area contributed by atoms with Crippen molar-refractivity contribution in [1.29, 1.82) is 0 Å². The quantitative estimate of drug-likeness (QED) is 0.915. The summed E-state index contributed by atoms with van der Waals surface area (Å²) in [5.41, 5.74) is 3.02. The van der Waals surface area contributed by atoms with Crippen molar-refractivity contribution in [2.45, 2.75) is 19.5 Å². The van der Waals surface area contributed by atoms with Crippen molar-refractivity contribution in [1.82, 2.24) is 10.2 Å². The molecule has 1 amide bonds. The van der Waals surface area contributed by atoms with Gasteiger partial charge in [-0.2, -0.15) is 0 Å². The van der Waals surface area contributed by atoms with E-state index in [1.54, 1.807) is 12.1 Å². The smallest absolute Gasteiger partial charge is 0.247 e. The summed E-state index contributed by atoms with van der Waals surface area (Å²) in [6.45, 7) is 2.99. The molecule has 0 radical (unpaired) electrons. The van der Waals surface area contributed by atoms with Crippen LogP contribution in [0, 0.1) is 5.82 Å². The van der Waals surface area contributed by atoms with E-state index in [1.807, 2.05) is 24.3 Å². The van der Waals surface area contributed by atoms with Gasteiger partial charge in [-0.15, -0.1) is 0 Å². The summed E-state index contributed by atoms with van der Waals surface area (Å²) in [6.07, 6.45) is 2.76. The highest BCUT2D eigenvalue weighted by molar-refractivity contribution is 5.93. The number of nitrogens with one attached hydrogen (secondary N) is 1. The SMILES string of the molecule is O=C(NCc1ccc(F)cc1)C1=CCN(Cc2ccccc2)CC1. The highest BCUT2D eigenvalue weighted by Gasteiger charge is 2.16. The van der Waals surface area contributed by atoms with Crippen LogP contribution in [0.25, 0.3) is 0 Å². The molecule has 0 fully saturated rings.